The number of halogens is 3. The van der Waals surface area contributed by atoms with Crippen molar-refractivity contribution in [2.24, 2.45) is 5.92 Å². The minimum Gasteiger partial charge on any atom is -0.326 e. The van der Waals surface area contributed by atoms with Crippen molar-refractivity contribution in [1.82, 2.24) is 14.5 Å². The standard InChI is InChI=1S/C20H26F3N4O3P/c1-3-30-31(2,29)15-8-9-18(24-11-15)26-19(28)16(10-14-6-4-5-7-14)27-12-17(25-13-27)20(21,22)23/h8-9,11-14,16H,3-7,10H2,1-2H3,(H,24,26,28). The first-order valence-electron chi connectivity index (χ1n) is 10.2. The number of anilines is 1. The van der Waals surface area contributed by atoms with E-state index in [1.807, 2.05) is 0 Å². The molecule has 1 aliphatic carbocycles. The van der Waals surface area contributed by atoms with Gasteiger partial charge >= 0.3 is 6.18 Å². The van der Waals surface area contributed by atoms with Crippen molar-refractivity contribution in [3.05, 3.63) is 36.5 Å². The molecule has 1 aliphatic rings. The highest BCUT2D eigenvalue weighted by Gasteiger charge is 2.35. The average molecular weight is 458 g/mol. The molecule has 1 amide bonds. The van der Waals surface area contributed by atoms with E-state index in [-0.39, 0.29) is 11.7 Å². The maximum absolute atomic E-state index is 13.0. The number of hydrogen-bond donors (Lipinski definition) is 1. The first-order chi connectivity index (χ1) is 14.6. The van der Waals surface area contributed by atoms with Gasteiger partial charge in [0.15, 0.2) is 5.69 Å². The molecular weight excluding hydrogens is 432 g/mol. The zero-order valence-corrected chi connectivity index (χ0v) is 18.3. The van der Waals surface area contributed by atoms with E-state index in [9.17, 15) is 22.5 Å². The lowest BCUT2D eigenvalue weighted by Crippen LogP contribution is -2.27. The SMILES string of the molecule is CCOP(C)(=O)c1ccc(NC(=O)C(CC2CCCC2)n2cnc(C(F)(F)F)c2)nc1. The molecule has 11 heteroatoms. The molecule has 170 valence electrons. The first kappa shape index (κ1) is 23.5. The van der Waals surface area contributed by atoms with Crippen LogP contribution in [0.3, 0.4) is 0 Å². The van der Waals surface area contributed by atoms with Crippen LogP contribution in [0.15, 0.2) is 30.9 Å². The molecule has 1 N–H and O–H groups in total. The van der Waals surface area contributed by atoms with E-state index in [2.05, 4.69) is 15.3 Å². The Morgan fingerprint density at radius 1 is 1.32 bits per heavy atom. The van der Waals surface area contributed by atoms with Crippen molar-refractivity contribution in [2.75, 3.05) is 18.6 Å². The quantitative estimate of drug-likeness (QED) is 0.583. The summed E-state index contributed by atoms with van der Waals surface area (Å²) in [5.74, 6) is 0.0144. The molecule has 2 heterocycles. The number of imidazole rings is 1. The second-order valence-electron chi connectivity index (χ2n) is 7.76. The summed E-state index contributed by atoms with van der Waals surface area (Å²) >= 11 is 0. The van der Waals surface area contributed by atoms with Crippen LogP contribution in [0.25, 0.3) is 0 Å². The predicted molar refractivity (Wildman–Crippen MR) is 110 cm³/mol. The smallest absolute Gasteiger partial charge is 0.326 e. The number of rotatable bonds is 8. The minimum atomic E-state index is -4.58. The van der Waals surface area contributed by atoms with Crippen molar-refractivity contribution in [2.45, 2.75) is 51.2 Å². The van der Waals surface area contributed by atoms with Crippen LogP contribution in [0, 0.1) is 5.92 Å². The maximum Gasteiger partial charge on any atom is 0.434 e. The van der Waals surface area contributed by atoms with Crippen molar-refractivity contribution in [3.8, 4) is 0 Å². The van der Waals surface area contributed by atoms with Crippen LogP contribution in [0.2, 0.25) is 0 Å². The van der Waals surface area contributed by atoms with Crippen LogP contribution in [0.4, 0.5) is 19.0 Å². The molecule has 1 fully saturated rings. The summed E-state index contributed by atoms with van der Waals surface area (Å²) in [6, 6.07) is 2.22. The summed E-state index contributed by atoms with van der Waals surface area (Å²) in [5, 5.41) is 3.08. The van der Waals surface area contributed by atoms with Crippen LogP contribution in [-0.2, 0) is 20.1 Å². The Labute approximate surface area is 178 Å². The van der Waals surface area contributed by atoms with Crippen molar-refractivity contribution in [3.63, 3.8) is 0 Å². The second-order valence-corrected chi connectivity index (χ2v) is 10.2. The summed E-state index contributed by atoms with van der Waals surface area (Å²) in [6.45, 7) is 3.52. The Morgan fingerprint density at radius 2 is 2.03 bits per heavy atom. The minimum absolute atomic E-state index is 0.220. The molecule has 2 atom stereocenters. The van der Waals surface area contributed by atoms with Gasteiger partial charge in [0.1, 0.15) is 11.9 Å². The monoisotopic (exact) mass is 458 g/mol. The van der Waals surface area contributed by atoms with Gasteiger partial charge in [0.05, 0.1) is 18.2 Å². The number of alkyl halides is 3. The number of amides is 1. The Balaban J connectivity index is 1.78. The summed E-state index contributed by atoms with van der Waals surface area (Å²) < 4.78 is 57.9. The lowest BCUT2D eigenvalue weighted by Gasteiger charge is -2.21. The molecule has 0 saturated heterocycles. The Kier molecular flexibility index (Phi) is 7.21. The van der Waals surface area contributed by atoms with E-state index < -0.39 is 31.2 Å². The zero-order valence-electron chi connectivity index (χ0n) is 17.4. The van der Waals surface area contributed by atoms with Crippen LogP contribution >= 0.6 is 7.37 Å². The van der Waals surface area contributed by atoms with Crippen LogP contribution < -0.4 is 10.6 Å². The Hall–Kier alpha value is -2.19. The van der Waals surface area contributed by atoms with Crippen LogP contribution in [0.5, 0.6) is 0 Å². The number of nitrogens with zero attached hydrogens (tertiary/aromatic N) is 3. The molecular formula is C20H26F3N4O3P. The topological polar surface area (TPSA) is 86.1 Å². The molecule has 31 heavy (non-hydrogen) atoms. The number of hydrogen-bond acceptors (Lipinski definition) is 5. The molecule has 0 spiro atoms. The number of carbonyl (C=O) groups excluding carboxylic acids is 1. The second kappa shape index (κ2) is 9.53. The van der Waals surface area contributed by atoms with Gasteiger partial charge in [0.2, 0.25) is 13.3 Å². The van der Waals surface area contributed by atoms with Crippen LogP contribution in [0.1, 0.15) is 50.8 Å². The highest BCUT2D eigenvalue weighted by atomic mass is 31.2. The van der Waals surface area contributed by atoms with E-state index >= 15 is 0 Å². The van der Waals surface area contributed by atoms with E-state index in [4.69, 9.17) is 4.52 Å². The predicted octanol–water partition coefficient (Wildman–Crippen LogP) is 4.63. The zero-order chi connectivity index (χ0) is 22.6. The van der Waals surface area contributed by atoms with Gasteiger partial charge in [-0.05, 0) is 31.4 Å². The molecule has 0 aromatic carbocycles. The summed E-state index contributed by atoms with van der Waals surface area (Å²) in [5.41, 5.74) is -1.03. The van der Waals surface area contributed by atoms with Crippen molar-refractivity contribution in [1.29, 1.82) is 0 Å². The third-order valence-electron chi connectivity index (χ3n) is 5.43. The van der Waals surface area contributed by atoms with E-state index in [0.717, 1.165) is 38.2 Å². The largest absolute Gasteiger partial charge is 0.434 e. The van der Waals surface area contributed by atoms with E-state index in [0.29, 0.717) is 18.3 Å². The molecule has 3 rings (SSSR count). The lowest BCUT2D eigenvalue weighted by molar-refractivity contribution is -0.141. The van der Waals surface area contributed by atoms with Crippen LogP contribution in [-0.4, -0.2) is 33.7 Å². The fraction of sp³-hybridized carbons (Fsp3) is 0.550. The van der Waals surface area contributed by atoms with Gasteiger partial charge in [-0.3, -0.25) is 9.36 Å². The van der Waals surface area contributed by atoms with Gasteiger partial charge < -0.3 is 14.4 Å². The summed E-state index contributed by atoms with van der Waals surface area (Å²) in [6.07, 6.45) is 3.13. The third kappa shape index (κ3) is 5.95. The van der Waals surface area contributed by atoms with Gasteiger partial charge in [0, 0.05) is 19.1 Å². The highest BCUT2D eigenvalue weighted by molar-refractivity contribution is 7.66. The molecule has 2 aromatic rings. The van der Waals surface area contributed by atoms with Crippen molar-refractivity contribution < 1.29 is 27.1 Å². The molecule has 0 aliphatic heterocycles. The number of aromatic nitrogens is 3. The van der Waals surface area contributed by atoms with Gasteiger partial charge in [-0.15, -0.1) is 0 Å². The van der Waals surface area contributed by atoms with Gasteiger partial charge in [-0.1, -0.05) is 25.7 Å². The molecule has 2 unspecified atom stereocenters. The number of carbonyl (C=O) groups is 1. The Bertz CT molecular complexity index is 940. The van der Waals surface area contributed by atoms with E-state index in [1.54, 1.807) is 13.0 Å². The maximum atomic E-state index is 13.0. The molecule has 1 saturated carbocycles. The van der Waals surface area contributed by atoms with Gasteiger partial charge in [-0.25, -0.2) is 9.97 Å². The normalized spacial score (nSPS) is 18.0. The number of nitrogens with one attached hydrogen (secondary N) is 1. The van der Waals surface area contributed by atoms with Gasteiger partial charge in [-0.2, -0.15) is 13.2 Å². The summed E-state index contributed by atoms with van der Waals surface area (Å²) in [4.78, 5) is 20.5. The Morgan fingerprint density at radius 3 is 2.58 bits per heavy atom. The van der Waals surface area contributed by atoms with Gasteiger partial charge in [0.25, 0.3) is 0 Å². The van der Waals surface area contributed by atoms with E-state index in [1.165, 1.54) is 23.5 Å². The number of pyridine rings is 1. The average Bonchev–Trinajstić information content (AvgIpc) is 3.38. The molecule has 0 bridgehead atoms. The first-order valence-corrected chi connectivity index (χ1v) is 12.3. The molecule has 2 aromatic heterocycles. The van der Waals surface area contributed by atoms with Crippen molar-refractivity contribution >= 4 is 24.4 Å². The highest BCUT2D eigenvalue weighted by Crippen LogP contribution is 2.40. The molecule has 7 nitrogen and oxygen atoms in total. The summed E-state index contributed by atoms with van der Waals surface area (Å²) in [7, 11) is -2.99. The third-order valence-corrected chi connectivity index (χ3v) is 7.38. The fourth-order valence-corrected chi connectivity index (χ4v) is 5.06. The molecule has 0 radical (unpaired) electrons. The fourth-order valence-electron chi connectivity index (χ4n) is 3.81. The lowest BCUT2D eigenvalue weighted by atomic mass is 9.97.